The van der Waals surface area contributed by atoms with Crippen molar-refractivity contribution in [3.05, 3.63) is 75.2 Å². The van der Waals surface area contributed by atoms with Gasteiger partial charge in [0, 0.05) is 30.7 Å². The Morgan fingerprint density at radius 3 is 2.79 bits per heavy atom. The van der Waals surface area contributed by atoms with Crippen LogP contribution < -0.4 is 15.2 Å². The Morgan fingerprint density at radius 1 is 1.21 bits per heavy atom. The molecule has 0 spiro atoms. The standard InChI is InChI=1S/C23H17FN4O3S2/c1-12-10-13(24)4-7-16(12)27(2)14-5-6-15-18(11-14)33-22(26-15)28-21(29)19-20(31-23(28)32)17(30-3)8-9-25-19/h4-11H,1-3H3. The third-order valence-electron chi connectivity index (χ3n) is 5.33. The second-order valence-corrected chi connectivity index (χ2v) is 8.70. The van der Waals surface area contributed by atoms with Gasteiger partial charge in [-0.2, -0.15) is 0 Å². The number of rotatable bonds is 4. The van der Waals surface area contributed by atoms with E-state index in [4.69, 9.17) is 21.4 Å². The number of nitrogens with zero attached hydrogens (tertiary/aromatic N) is 4. The number of methoxy groups -OCH3 is 1. The van der Waals surface area contributed by atoms with Crippen molar-refractivity contribution in [3.63, 3.8) is 0 Å². The molecule has 3 aromatic heterocycles. The van der Waals surface area contributed by atoms with E-state index in [1.807, 2.05) is 37.1 Å². The average molecular weight is 481 g/mol. The third-order valence-corrected chi connectivity index (χ3v) is 6.59. The fourth-order valence-electron chi connectivity index (χ4n) is 3.67. The zero-order valence-electron chi connectivity index (χ0n) is 17.8. The molecule has 2 aromatic carbocycles. The molecule has 166 valence electrons. The molecule has 3 heterocycles. The molecule has 33 heavy (non-hydrogen) atoms. The van der Waals surface area contributed by atoms with Gasteiger partial charge in [-0.05, 0) is 61.1 Å². The Labute approximate surface area is 196 Å². The maximum absolute atomic E-state index is 13.5. The number of thiazole rings is 1. The summed E-state index contributed by atoms with van der Waals surface area (Å²) in [4.78, 5) is 23.8. The molecule has 0 bridgehead atoms. The lowest BCUT2D eigenvalue weighted by atomic mass is 10.1. The fourth-order valence-corrected chi connectivity index (χ4v) is 4.97. The quantitative estimate of drug-likeness (QED) is 0.313. The normalized spacial score (nSPS) is 11.3. The Kier molecular flexibility index (Phi) is 5.18. The molecular formula is C23H17FN4O3S2. The first-order valence-electron chi connectivity index (χ1n) is 9.87. The van der Waals surface area contributed by atoms with Crippen LogP contribution in [0.15, 0.2) is 57.9 Å². The van der Waals surface area contributed by atoms with Gasteiger partial charge in [-0.3, -0.25) is 4.79 Å². The van der Waals surface area contributed by atoms with E-state index in [0.717, 1.165) is 21.6 Å². The van der Waals surface area contributed by atoms with E-state index in [0.29, 0.717) is 16.4 Å². The summed E-state index contributed by atoms with van der Waals surface area (Å²) in [5, 5.41) is 0.382. The van der Waals surface area contributed by atoms with Crippen LogP contribution in [0, 0.1) is 17.6 Å². The number of aromatic nitrogens is 3. The number of halogens is 1. The zero-order valence-corrected chi connectivity index (χ0v) is 19.5. The monoisotopic (exact) mass is 480 g/mol. The van der Waals surface area contributed by atoms with Crippen LogP contribution in [0.1, 0.15) is 5.56 Å². The van der Waals surface area contributed by atoms with E-state index >= 15 is 0 Å². The molecule has 0 unspecified atom stereocenters. The number of fused-ring (bicyclic) bond motifs is 2. The minimum absolute atomic E-state index is 0.0443. The van der Waals surface area contributed by atoms with Gasteiger partial charge >= 0.3 is 0 Å². The average Bonchev–Trinajstić information content (AvgIpc) is 3.21. The van der Waals surface area contributed by atoms with Crippen molar-refractivity contribution < 1.29 is 13.5 Å². The van der Waals surface area contributed by atoms with Crippen molar-refractivity contribution >= 4 is 56.2 Å². The number of pyridine rings is 1. The molecule has 7 nitrogen and oxygen atoms in total. The van der Waals surface area contributed by atoms with Crippen LogP contribution in [0.2, 0.25) is 0 Å². The molecule has 0 radical (unpaired) electrons. The summed E-state index contributed by atoms with van der Waals surface area (Å²) in [5.74, 6) is 0.105. The van der Waals surface area contributed by atoms with Gasteiger partial charge in [-0.25, -0.2) is 18.9 Å². The fraction of sp³-hybridized carbons (Fsp3) is 0.130. The van der Waals surface area contributed by atoms with E-state index in [-0.39, 0.29) is 21.8 Å². The van der Waals surface area contributed by atoms with Crippen LogP contribution >= 0.6 is 23.6 Å². The molecule has 0 aliphatic heterocycles. The predicted octanol–water partition coefficient (Wildman–Crippen LogP) is 5.54. The van der Waals surface area contributed by atoms with Gasteiger partial charge in [0.25, 0.3) is 10.4 Å². The number of ether oxygens (including phenoxy) is 1. The maximum Gasteiger partial charge on any atom is 0.290 e. The second kappa shape index (κ2) is 8.05. The summed E-state index contributed by atoms with van der Waals surface area (Å²) in [6, 6.07) is 12.0. The molecule has 0 saturated heterocycles. The van der Waals surface area contributed by atoms with Crippen LogP contribution in [-0.2, 0) is 0 Å². The molecule has 0 aliphatic rings. The van der Waals surface area contributed by atoms with Gasteiger partial charge in [0.1, 0.15) is 5.82 Å². The molecule has 0 aliphatic carbocycles. The zero-order chi connectivity index (χ0) is 23.3. The van der Waals surface area contributed by atoms with E-state index in [1.54, 1.807) is 12.1 Å². The molecular weight excluding hydrogens is 463 g/mol. The summed E-state index contributed by atoms with van der Waals surface area (Å²) in [5.41, 5.74) is 3.19. The Morgan fingerprint density at radius 2 is 2.03 bits per heavy atom. The van der Waals surface area contributed by atoms with Gasteiger partial charge < -0.3 is 14.1 Å². The second-order valence-electron chi connectivity index (χ2n) is 7.34. The number of benzene rings is 2. The highest BCUT2D eigenvalue weighted by molar-refractivity contribution is 7.71. The van der Waals surface area contributed by atoms with Crippen molar-refractivity contribution in [2.45, 2.75) is 6.92 Å². The molecule has 0 atom stereocenters. The van der Waals surface area contributed by atoms with E-state index in [9.17, 15) is 9.18 Å². The van der Waals surface area contributed by atoms with Gasteiger partial charge in [0.15, 0.2) is 11.3 Å². The van der Waals surface area contributed by atoms with Crippen LogP contribution in [0.25, 0.3) is 26.4 Å². The molecule has 5 aromatic rings. The topological polar surface area (TPSA) is 73.4 Å². The third kappa shape index (κ3) is 3.57. The van der Waals surface area contributed by atoms with E-state index in [2.05, 4.69) is 9.97 Å². The highest BCUT2D eigenvalue weighted by atomic mass is 32.1. The van der Waals surface area contributed by atoms with Gasteiger partial charge in [-0.15, -0.1) is 0 Å². The van der Waals surface area contributed by atoms with Crippen molar-refractivity contribution in [1.29, 1.82) is 0 Å². The van der Waals surface area contributed by atoms with Crippen molar-refractivity contribution in [2.24, 2.45) is 0 Å². The Bertz CT molecular complexity index is 1660. The van der Waals surface area contributed by atoms with Crippen molar-refractivity contribution in [3.8, 4) is 10.9 Å². The van der Waals surface area contributed by atoms with Gasteiger partial charge in [0.2, 0.25) is 10.7 Å². The summed E-state index contributed by atoms with van der Waals surface area (Å²) >= 11 is 6.67. The highest BCUT2D eigenvalue weighted by Gasteiger charge is 2.17. The maximum atomic E-state index is 13.5. The van der Waals surface area contributed by atoms with Crippen molar-refractivity contribution in [1.82, 2.24) is 14.5 Å². The number of anilines is 2. The first-order chi connectivity index (χ1) is 15.9. The predicted molar refractivity (Wildman–Crippen MR) is 129 cm³/mol. The Balaban J connectivity index is 1.62. The van der Waals surface area contributed by atoms with E-state index in [1.165, 1.54) is 41.3 Å². The first-order valence-corrected chi connectivity index (χ1v) is 11.1. The lowest BCUT2D eigenvalue weighted by Crippen LogP contribution is -2.20. The number of hydrogen-bond donors (Lipinski definition) is 0. The lowest BCUT2D eigenvalue weighted by molar-refractivity contribution is 0.404. The Hall–Kier alpha value is -3.63. The van der Waals surface area contributed by atoms with Crippen LogP contribution in [-0.4, -0.2) is 28.7 Å². The van der Waals surface area contributed by atoms with Gasteiger partial charge in [0.05, 0.1) is 17.3 Å². The summed E-state index contributed by atoms with van der Waals surface area (Å²) in [7, 11) is 3.39. The summed E-state index contributed by atoms with van der Waals surface area (Å²) in [6.07, 6.45) is 1.48. The first kappa shape index (κ1) is 21.2. The SMILES string of the molecule is COc1ccnc2c(=O)n(-c3nc4ccc(N(C)c5ccc(F)cc5C)cc4s3)c(=S)oc12. The van der Waals surface area contributed by atoms with Crippen LogP contribution in [0.5, 0.6) is 5.75 Å². The van der Waals surface area contributed by atoms with Gasteiger partial charge in [-0.1, -0.05) is 11.3 Å². The van der Waals surface area contributed by atoms with Crippen molar-refractivity contribution in [2.75, 3.05) is 19.1 Å². The molecule has 5 rings (SSSR count). The molecule has 10 heteroatoms. The highest BCUT2D eigenvalue weighted by Crippen LogP contribution is 2.33. The minimum atomic E-state index is -0.432. The largest absolute Gasteiger partial charge is 0.493 e. The molecule has 0 saturated carbocycles. The summed E-state index contributed by atoms with van der Waals surface area (Å²) in [6.45, 7) is 1.86. The number of aryl methyl sites for hydroxylation is 1. The van der Waals surface area contributed by atoms with Crippen LogP contribution in [0.4, 0.5) is 15.8 Å². The number of hydrogen-bond acceptors (Lipinski definition) is 8. The van der Waals surface area contributed by atoms with Crippen LogP contribution in [0.3, 0.4) is 0 Å². The molecule has 0 fully saturated rings. The van der Waals surface area contributed by atoms with E-state index < -0.39 is 5.56 Å². The summed E-state index contributed by atoms with van der Waals surface area (Å²) < 4.78 is 26.6. The lowest BCUT2D eigenvalue weighted by Gasteiger charge is -2.21. The minimum Gasteiger partial charge on any atom is -0.493 e. The molecule has 0 amide bonds. The molecule has 0 N–H and O–H groups in total. The smallest absolute Gasteiger partial charge is 0.290 e.